The van der Waals surface area contributed by atoms with E-state index in [2.05, 4.69) is 25.5 Å². The lowest BCUT2D eigenvalue weighted by molar-refractivity contribution is 0.102. The molecule has 0 atom stereocenters. The van der Waals surface area contributed by atoms with Crippen molar-refractivity contribution >= 4 is 35.1 Å². The highest BCUT2D eigenvalue weighted by Gasteiger charge is 2.14. The minimum atomic E-state index is -0.559. The monoisotopic (exact) mass is 398 g/mol. The standard InChI is InChI=1S/C19H18N4O4S/c1-12-10-15(23-27-12)11-28-18-16(4-3-9-20-18)17(24)21-13-5-7-14(8-6-13)22-19(25)26-2/h3-10H,11H2,1-2H3,(H,21,24)(H,22,25). The number of carbonyl (C=O) groups is 2. The highest BCUT2D eigenvalue weighted by molar-refractivity contribution is 7.98. The molecule has 2 N–H and O–H groups in total. The predicted octanol–water partition coefficient (Wildman–Crippen LogP) is 4.10. The highest BCUT2D eigenvalue weighted by atomic mass is 32.2. The second kappa shape index (κ2) is 9.05. The van der Waals surface area contributed by atoms with Gasteiger partial charge in [-0.3, -0.25) is 10.1 Å². The lowest BCUT2D eigenvalue weighted by atomic mass is 10.2. The summed E-state index contributed by atoms with van der Waals surface area (Å²) in [5.74, 6) is 1.00. The molecule has 3 rings (SSSR count). The van der Waals surface area contributed by atoms with E-state index in [1.165, 1.54) is 18.9 Å². The first-order valence-corrected chi connectivity index (χ1v) is 9.30. The number of nitrogens with one attached hydrogen (secondary N) is 2. The number of nitrogens with zero attached hydrogens (tertiary/aromatic N) is 2. The Morgan fingerprint density at radius 3 is 2.50 bits per heavy atom. The topological polar surface area (TPSA) is 106 Å². The van der Waals surface area contributed by atoms with Gasteiger partial charge in [-0.15, -0.1) is 0 Å². The molecule has 0 radical (unpaired) electrons. The van der Waals surface area contributed by atoms with E-state index in [0.717, 1.165) is 11.5 Å². The van der Waals surface area contributed by atoms with Gasteiger partial charge in [0.25, 0.3) is 5.91 Å². The van der Waals surface area contributed by atoms with E-state index in [4.69, 9.17) is 4.52 Å². The van der Waals surface area contributed by atoms with Crippen molar-refractivity contribution in [3.05, 3.63) is 65.7 Å². The number of benzene rings is 1. The number of rotatable bonds is 6. The van der Waals surface area contributed by atoms with Crippen LogP contribution in [0, 0.1) is 6.92 Å². The number of anilines is 2. The molecule has 0 saturated carbocycles. The molecule has 0 aliphatic heterocycles. The SMILES string of the molecule is COC(=O)Nc1ccc(NC(=O)c2cccnc2SCc2cc(C)on2)cc1. The van der Waals surface area contributed by atoms with Crippen molar-refractivity contribution in [2.24, 2.45) is 0 Å². The summed E-state index contributed by atoms with van der Waals surface area (Å²) in [7, 11) is 1.29. The summed E-state index contributed by atoms with van der Waals surface area (Å²) < 4.78 is 9.59. The van der Waals surface area contributed by atoms with Crippen LogP contribution in [0.25, 0.3) is 0 Å². The van der Waals surface area contributed by atoms with Crippen molar-refractivity contribution in [1.82, 2.24) is 10.1 Å². The van der Waals surface area contributed by atoms with Gasteiger partial charge in [0.05, 0.1) is 18.4 Å². The molecule has 144 valence electrons. The van der Waals surface area contributed by atoms with Crippen LogP contribution in [0.4, 0.5) is 16.2 Å². The van der Waals surface area contributed by atoms with Gasteiger partial charge in [-0.25, -0.2) is 9.78 Å². The van der Waals surface area contributed by atoms with Gasteiger partial charge in [0, 0.05) is 29.4 Å². The first kappa shape index (κ1) is 19.4. The van der Waals surface area contributed by atoms with E-state index in [9.17, 15) is 9.59 Å². The number of aryl methyl sites for hydroxylation is 1. The summed E-state index contributed by atoms with van der Waals surface area (Å²) in [6.07, 6.45) is 1.08. The maximum atomic E-state index is 12.7. The number of amides is 2. The van der Waals surface area contributed by atoms with Gasteiger partial charge in [-0.05, 0) is 43.3 Å². The Kier molecular flexibility index (Phi) is 6.28. The molecule has 0 fully saturated rings. The molecule has 2 heterocycles. The van der Waals surface area contributed by atoms with Gasteiger partial charge in [-0.2, -0.15) is 0 Å². The van der Waals surface area contributed by atoms with Crippen LogP contribution in [0.3, 0.4) is 0 Å². The molecule has 9 heteroatoms. The van der Waals surface area contributed by atoms with Crippen LogP contribution < -0.4 is 10.6 Å². The van der Waals surface area contributed by atoms with Crippen LogP contribution in [0.2, 0.25) is 0 Å². The van der Waals surface area contributed by atoms with Crippen LogP contribution in [-0.2, 0) is 10.5 Å². The van der Waals surface area contributed by atoms with Gasteiger partial charge in [0.2, 0.25) is 0 Å². The lowest BCUT2D eigenvalue weighted by Crippen LogP contribution is -2.14. The fourth-order valence-electron chi connectivity index (χ4n) is 2.31. The van der Waals surface area contributed by atoms with E-state index in [0.29, 0.717) is 27.7 Å². The largest absolute Gasteiger partial charge is 0.453 e. The molecule has 2 amide bonds. The molecule has 2 aromatic heterocycles. The normalized spacial score (nSPS) is 10.4. The van der Waals surface area contributed by atoms with Crippen molar-refractivity contribution in [1.29, 1.82) is 0 Å². The van der Waals surface area contributed by atoms with Crippen LogP contribution >= 0.6 is 11.8 Å². The maximum Gasteiger partial charge on any atom is 0.411 e. The minimum absolute atomic E-state index is 0.277. The Bertz CT molecular complexity index is 972. The molecule has 3 aromatic rings. The molecule has 8 nitrogen and oxygen atoms in total. The summed E-state index contributed by atoms with van der Waals surface area (Å²) >= 11 is 1.41. The van der Waals surface area contributed by atoms with E-state index in [1.807, 2.05) is 13.0 Å². The number of hydrogen-bond donors (Lipinski definition) is 2. The van der Waals surface area contributed by atoms with Crippen molar-refractivity contribution in [2.45, 2.75) is 17.7 Å². The Morgan fingerprint density at radius 2 is 1.86 bits per heavy atom. The molecule has 0 aliphatic rings. The molecule has 0 bridgehead atoms. The average molecular weight is 398 g/mol. The van der Waals surface area contributed by atoms with Gasteiger partial charge in [0.15, 0.2) is 0 Å². The predicted molar refractivity (Wildman–Crippen MR) is 105 cm³/mol. The zero-order chi connectivity index (χ0) is 19.9. The number of methoxy groups -OCH3 is 1. The van der Waals surface area contributed by atoms with Crippen molar-refractivity contribution < 1.29 is 18.8 Å². The summed E-state index contributed by atoms with van der Waals surface area (Å²) in [4.78, 5) is 28.2. The second-order valence-electron chi connectivity index (χ2n) is 5.72. The van der Waals surface area contributed by atoms with E-state index in [1.54, 1.807) is 42.6 Å². The Balaban J connectivity index is 1.66. The van der Waals surface area contributed by atoms with Gasteiger partial charge in [0.1, 0.15) is 10.8 Å². The Hall–Kier alpha value is -3.33. The second-order valence-corrected chi connectivity index (χ2v) is 6.69. The number of ether oxygens (including phenoxy) is 1. The number of hydrogen-bond acceptors (Lipinski definition) is 7. The van der Waals surface area contributed by atoms with Crippen LogP contribution in [-0.4, -0.2) is 29.3 Å². The minimum Gasteiger partial charge on any atom is -0.453 e. The maximum absolute atomic E-state index is 12.7. The fraction of sp³-hybridized carbons (Fsp3) is 0.158. The molecule has 0 saturated heterocycles. The highest BCUT2D eigenvalue weighted by Crippen LogP contribution is 2.25. The number of aromatic nitrogens is 2. The zero-order valence-electron chi connectivity index (χ0n) is 15.3. The Morgan fingerprint density at radius 1 is 1.14 bits per heavy atom. The van der Waals surface area contributed by atoms with Gasteiger partial charge >= 0.3 is 6.09 Å². The number of thioether (sulfide) groups is 1. The van der Waals surface area contributed by atoms with Crippen LogP contribution in [0.1, 0.15) is 21.8 Å². The van der Waals surface area contributed by atoms with Crippen molar-refractivity contribution in [3.63, 3.8) is 0 Å². The first-order chi connectivity index (χ1) is 13.5. The van der Waals surface area contributed by atoms with Crippen LogP contribution in [0.15, 0.2) is 58.2 Å². The fourth-order valence-corrected chi connectivity index (χ4v) is 3.18. The van der Waals surface area contributed by atoms with Gasteiger partial charge < -0.3 is 14.6 Å². The molecule has 0 aliphatic carbocycles. The lowest BCUT2D eigenvalue weighted by Gasteiger charge is -2.09. The third-order valence-electron chi connectivity index (χ3n) is 3.62. The molecule has 1 aromatic carbocycles. The van der Waals surface area contributed by atoms with E-state index < -0.39 is 6.09 Å². The molecular formula is C19H18N4O4S. The summed E-state index contributed by atoms with van der Waals surface area (Å²) in [6.45, 7) is 1.83. The van der Waals surface area contributed by atoms with Crippen LogP contribution in [0.5, 0.6) is 0 Å². The molecule has 0 spiro atoms. The first-order valence-electron chi connectivity index (χ1n) is 8.31. The number of pyridine rings is 1. The van der Waals surface area contributed by atoms with E-state index >= 15 is 0 Å². The molecule has 28 heavy (non-hydrogen) atoms. The smallest absolute Gasteiger partial charge is 0.411 e. The Labute approximate surface area is 165 Å². The quantitative estimate of drug-likeness (QED) is 0.602. The summed E-state index contributed by atoms with van der Waals surface area (Å²) in [5, 5.41) is 9.92. The average Bonchev–Trinajstić information content (AvgIpc) is 3.13. The third-order valence-corrected chi connectivity index (χ3v) is 4.66. The van der Waals surface area contributed by atoms with Crippen molar-refractivity contribution in [3.8, 4) is 0 Å². The molecule has 0 unspecified atom stereocenters. The number of carbonyl (C=O) groups excluding carboxylic acids is 2. The molecular weight excluding hydrogens is 380 g/mol. The zero-order valence-corrected chi connectivity index (χ0v) is 16.1. The van der Waals surface area contributed by atoms with Crippen molar-refractivity contribution in [2.75, 3.05) is 17.7 Å². The summed E-state index contributed by atoms with van der Waals surface area (Å²) in [6, 6.07) is 12.0. The third kappa shape index (κ3) is 5.10. The summed E-state index contributed by atoms with van der Waals surface area (Å²) in [5.41, 5.74) is 2.40. The van der Waals surface area contributed by atoms with Gasteiger partial charge in [-0.1, -0.05) is 16.9 Å². The van der Waals surface area contributed by atoms with E-state index in [-0.39, 0.29) is 5.91 Å².